The molecule has 0 N–H and O–H groups in total. The fourth-order valence-electron chi connectivity index (χ4n) is 1.98. The number of halogens is 3. The Balaban J connectivity index is 2.10. The maximum absolute atomic E-state index is 14.0. The molecule has 1 aliphatic heterocycles. The lowest BCUT2D eigenvalue weighted by atomic mass is 10.1. The summed E-state index contributed by atoms with van der Waals surface area (Å²) >= 11 is 3.15. The number of hydrogen-bond donors (Lipinski definition) is 0. The van der Waals surface area contributed by atoms with Gasteiger partial charge in [0.15, 0.2) is 0 Å². The van der Waals surface area contributed by atoms with Crippen molar-refractivity contribution in [1.29, 1.82) is 0 Å². The Labute approximate surface area is 133 Å². The number of hydrogen-bond acceptors (Lipinski definition) is 2. The van der Waals surface area contributed by atoms with Gasteiger partial charge in [-0.15, -0.1) is 0 Å². The van der Waals surface area contributed by atoms with E-state index >= 15 is 0 Å². The topological polar surface area (TPSA) is 29.5 Å². The fourth-order valence-corrected chi connectivity index (χ4v) is 2.96. The molecule has 7 heteroatoms. The van der Waals surface area contributed by atoms with Crippen molar-refractivity contribution in [3.8, 4) is 0 Å². The first-order valence-electron chi connectivity index (χ1n) is 6.36. The molecule has 1 aromatic rings. The summed E-state index contributed by atoms with van der Waals surface area (Å²) in [6.45, 7) is 0.318. The van der Waals surface area contributed by atoms with Gasteiger partial charge in [0.2, 0.25) is 0 Å². The quantitative estimate of drug-likeness (QED) is 0.729. The van der Waals surface area contributed by atoms with Crippen LogP contribution in [0.4, 0.5) is 14.5 Å². The molecule has 0 spiro atoms. The van der Waals surface area contributed by atoms with Gasteiger partial charge in [0.1, 0.15) is 6.73 Å². The summed E-state index contributed by atoms with van der Waals surface area (Å²) in [6.07, 6.45) is 6.45. The van der Waals surface area contributed by atoms with Gasteiger partial charge in [-0.1, -0.05) is 15.9 Å². The van der Waals surface area contributed by atoms with Gasteiger partial charge in [-0.2, -0.15) is 8.78 Å². The average Bonchev–Trinajstić information content (AvgIpc) is 2.54. The highest BCUT2D eigenvalue weighted by molar-refractivity contribution is 9.10. The Morgan fingerprint density at radius 1 is 1.33 bits per heavy atom. The van der Waals surface area contributed by atoms with Crippen LogP contribution in [0.25, 0.3) is 0 Å². The van der Waals surface area contributed by atoms with E-state index in [1.54, 1.807) is 6.07 Å². The minimum atomic E-state index is -3.49. The highest BCUT2D eigenvalue weighted by atomic mass is 79.9. The molecule has 0 aliphatic carbocycles. The Morgan fingerprint density at radius 2 is 2.00 bits per heavy atom. The van der Waals surface area contributed by atoms with E-state index < -0.39 is 21.9 Å². The molecule has 1 heterocycles. The van der Waals surface area contributed by atoms with Gasteiger partial charge in [-0.3, -0.25) is 9.69 Å². The number of alkyl halides is 2. The predicted molar refractivity (Wildman–Crippen MR) is 86.6 cm³/mol. The first-order valence-corrected chi connectivity index (χ1v) is 10.2. The average molecular weight is 382 g/mol. The number of benzene rings is 1. The predicted octanol–water partition coefficient (Wildman–Crippen LogP) is 3.56. The SMILES string of the molecule is CS(C)(C)CCOCN1C(=O)C(F)(F)c2cc(Br)ccc21. The van der Waals surface area contributed by atoms with E-state index in [9.17, 15) is 13.6 Å². The summed E-state index contributed by atoms with van der Waals surface area (Å²) < 4.78 is 33.9. The van der Waals surface area contributed by atoms with E-state index in [1.165, 1.54) is 12.1 Å². The van der Waals surface area contributed by atoms with Crippen molar-refractivity contribution in [2.24, 2.45) is 0 Å². The molecule has 0 radical (unpaired) electrons. The summed E-state index contributed by atoms with van der Waals surface area (Å²) in [5, 5.41) is 0. The summed E-state index contributed by atoms with van der Waals surface area (Å²) in [5.41, 5.74) is -0.0526. The highest BCUT2D eigenvalue weighted by Gasteiger charge is 2.52. The van der Waals surface area contributed by atoms with Crippen LogP contribution in [-0.4, -0.2) is 43.8 Å². The van der Waals surface area contributed by atoms with Crippen molar-refractivity contribution in [1.82, 2.24) is 0 Å². The lowest BCUT2D eigenvalue weighted by Gasteiger charge is -2.25. The van der Waals surface area contributed by atoms with Crippen molar-refractivity contribution in [2.45, 2.75) is 5.92 Å². The third kappa shape index (κ3) is 3.57. The number of rotatable bonds is 5. The molecule has 21 heavy (non-hydrogen) atoms. The van der Waals surface area contributed by atoms with Crippen LogP contribution in [0.3, 0.4) is 0 Å². The number of ether oxygens (including phenoxy) is 1. The van der Waals surface area contributed by atoms with Crippen LogP contribution in [0.1, 0.15) is 5.56 Å². The zero-order valence-corrected chi connectivity index (χ0v) is 14.6. The molecule has 1 aliphatic rings. The first kappa shape index (κ1) is 16.7. The van der Waals surface area contributed by atoms with Crippen molar-refractivity contribution < 1.29 is 18.3 Å². The largest absolute Gasteiger partial charge is 0.360 e. The normalized spacial score (nSPS) is 18.0. The van der Waals surface area contributed by atoms with Gasteiger partial charge >= 0.3 is 11.8 Å². The number of amides is 1. The molecule has 0 saturated heterocycles. The summed E-state index contributed by atoms with van der Waals surface area (Å²) in [7, 11) is -0.705. The Bertz CT molecular complexity index is 560. The summed E-state index contributed by atoms with van der Waals surface area (Å²) in [5.74, 6) is -3.84. The molecule has 0 unspecified atom stereocenters. The molecule has 2 rings (SSSR count). The summed E-state index contributed by atoms with van der Waals surface area (Å²) in [4.78, 5) is 12.9. The van der Waals surface area contributed by atoms with E-state index in [0.717, 1.165) is 10.7 Å². The fraction of sp³-hybridized carbons (Fsp3) is 0.500. The van der Waals surface area contributed by atoms with Crippen molar-refractivity contribution in [3.63, 3.8) is 0 Å². The van der Waals surface area contributed by atoms with Crippen LogP contribution < -0.4 is 4.90 Å². The molecular formula is C14H18BrF2NO2S. The molecule has 0 aromatic heterocycles. The minimum absolute atomic E-state index is 0.140. The number of fused-ring (bicyclic) bond motifs is 1. The molecule has 0 atom stereocenters. The van der Waals surface area contributed by atoms with Gasteiger partial charge in [0.05, 0.1) is 17.9 Å². The third-order valence-corrected chi connectivity index (χ3v) is 5.05. The van der Waals surface area contributed by atoms with E-state index in [4.69, 9.17) is 4.74 Å². The number of anilines is 1. The maximum atomic E-state index is 14.0. The van der Waals surface area contributed by atoms with Crippen LogP contribution in [-0.2, 0) is 15.5 Å². The van der Waals surface area contributed by atoms with Gasteiger partial charge in [0.25, 0.3) is 0 Å². The molecule has 1 amide bonds. The zero-order chi connectivity index (χ0) is 15.8. The van der Waals surface area contributed by atoms with Gasteiger partial charge in [-0.05, 0) is 37.0 Å². The maximum Gasteiger partial charge on any atom is 0.352 e. The number of nitrogens with zero attached hydrogens (tertiary/aromatic N) is 1. The second-order valence-electron chi connectivity index (χ2n) is 5.80. The Hall–Kier alpha value is -0.660. The van der Waals surface area contributed by atoms with Crippen molar-refractivity contribution in [3.05, 3.63) is 28.2 Å². The summed E-state index contributed by atoms with van der Waals surface area (Å²) in [6, 6.07) is 4.43. The molecule has 118 valence electrons. The van der Waals surface area contributed by atoms with Gasteiger partial charge < -0.3 is 4.74 Å². The van der Waals surface area contributed by atoms with Crippen LogP contribution in [0, 0.1) is 0 Å². The van der Waals surface area contributed by atoms with E-state index in [0.29, 0.717) is 11.1 Å². The minimum Gasteiger partial charge on any atom is -0.360 e. The lowest BCUT2D eigenvalue weighted by Crippen LogP contribution is -2.36. The van der Waals surface area contributed by atoms with Crippen LogP contribution >= 0.6 is 26.0 Å². The Morgan fingerprint density at radius 3 is 2.62 bits per heavy atom. The monoisotopic (exact) mass is 381 g/mol. The standard InChI is InChI=1S/C14H18BrF2NO2S/c1-21(2,3)7-6-20-9-18-12-5-4-10(15)8-11(12)14(16,17)13(18)19/h4-5,8H,6-7,9H2,1-3H3. The highest BCUT2D eigenvalue weighted by Crippen LogP contribution is 2.45. The second kappa shape index (κ2) is 5.85. The number of carbonyl (C=O) groups is 1. The lowest BCUT2D eigenvalue weighted by molar-refractivity contribution is -0.142. The van der Waals surface area contributed by atoms with Crippen molar-refractivity contribution in [2.75, 3.05) is 42.8 Å². The molecule has 0 fully saturated rings. The van der Waals surface area contributed by atoms with E-state index in [-0.39, 0.29) is 18.0 Å². The molecule has 0 saturated carbocycles. The molecule has 1 aromatic carbocycles. The van der Waals surface area contributed by atoms with Crippen LogP contribution in [0.2, 0.25) is 0 Å². The molecule has 3 nitrogen and oxygen atoms in total. The van der Waals surface area contributed by atoms with Crippen LogP contribution in [0.15, 0.2) is 22.7 Å². The molecule has 0 bridgehead atoms. The second-order valence-corrected chi connectivity index (χ2v) is 11.3. The van der Waals surface area contributed by atoms with Crippen molar-refractivity contribution >= 4 is 37.6 Å². The smallest absolute Gasteiger partial charge is 0.352 e. The Kier molecular flexibility index (Phi) is 4.66. The van der Waals surface area contributed by atoms with Gasteiger partial charge in [0, 0.05) is 10.2 Å². The van der Waals surface area contributed by atoms with E-state index in [2.05, 4.69) is 34.7 Å². The molecular weight excluding hydrogens is 364 g/mol. The third-order valence-electron chi connectivity index (χ3n) is 3.16. The first-order chi connectivity index (χ1) is 9.63. The van der Waals surface area contributed by atoms with Crippen LogP contribution in [0.5, 0.6) is 0 Å². The number of carbonyl (C=O) groups excluding carboxylic acids is 1. The van der Waals surface area contributed by atoms with Gasteiger partial charge in [-0.25, -0.2) is 10.0 Å². The van der Waals surface area contributed by atoms with E-state index in [1.807, 2.05) is 0 Å². The zero-order valence-electron chi connectivity index (χ0n) is 12.2.